The number of carbonyl (C=O) groups excluding carboxylic acids is 1. The molecule has 0 bridgehead atoms. The van der Waals surface area contributed by atoms with Gasteiger partial charge in [-0.1, -0.05) is 6.58 Å². The molecule has 0 fully saturated rings. The number of phosphoric acid groups is 1. The molecule has 0 aliphatic carbocycles. The summed E-state index contributed by atoms with van der Waals surface area (Å²) in [4.78, 5) is 32.6. The zero-order valence-electron chi connectivity index (χ0n) is 10.7. The number of hydrogen-bond donors (Lipinski definition) is 3. The molecular weight excluding hydrogens is 249 g/mol. The van der Waals surface area contributed by atoms with Crippen molar-refractivity contribution in [1.82, 2.24) is 0 Å². The van der Waals surface area contributed by atoms with Gasteiger partial charge in [0.15, 0.2) is 0 Å². The minimum Gasteiger partial charge on any atom is -0.409 e. The van der Waals surface area contributed by atoms with Crippen LogP contribution in [0.4, 0.5) is 0 Å². The molecule has 17 heavy (non-hydrogen) atoms. The lowest BCUT2D eigenvalue weighted by Crippen LogP contribution is -2.45. The highest BCUT2D eigenvalue weighted by molar-refractivity contribution is 7.45. The molecule has 7 nitrogen and oxygen atoms in total. The summed E-state index contributed by atoms with van der Waals surface area (Å²) in [5.41, 5.74) is 0.440. The number of nitrogens with zero attached hydrogens (tertiary/aromatic N) is 1. The van der Waals surface area contributed by atoms with Crippen LogP contribution in [0.1, 0.15) is 13.8 Å². The van der Waals surface area contributed by atoms with Crippen LogP contribution >= 0.6 is 7.82 Å². The SMILES string of the molecule is C=C(C)C(=O)OC(C)[N+](C)(C)C.O=P(O)(O)O. The lowest BCUT2D eigenvalue weighted by atomic mass is 10.3. The van der Waals surface area contributed by atoms with Crippen LogP contribution in [-0.2, 0) is 14.1 Å². The van der Waals surface area contributed by atoms with E-state index in [2.05, 4.69) is 6.58 Å². The number of hydrogen-bond acceptors (Lipinski definition) is 3. The Hall–Kier alpha value is -0.720. The van der Waals surface area contributed by atoms with E-state index in [1.165, 1.54) is 0 Å². The third-order valence-electron chi connectivity index (χ3n) is 1.72. The summed E-state index contributed by atoms with van der Waals surface area (Å²) in [5.74, 6) is -0.324. The van der Waals surface area contributed by atoms with E-state index in [9.17, 15) is 4.79 Å². The quantitative estimate of drug-likeness (QED) is 0.223. The Morgan fingerprint density at radius 1 is 1.29 bits per heavy atom. The number of carbonyl (C=O) groups is 1. The van der Waals surface area contributed by atoms with Crippen LogP contribution in [0.2, 0.25) is 0 Å². The first-order valence-corrected chi connectivity index (χ1v) is 6.27. The molecule has 1 unspecified atom stereocenters. The van der Waals surface area contributed by atoms with Crippen LogP contribution in [0.3, 0.4) is 0 Å². The Bertz CT molecular complexity index is 308. The van der Waals surface area contributed by atoms with Gasteiger partial charge in [-0.2, -0.15) is 0 Å². The molecule has 0 aromatic rings. The van der Waals surface area contributed by atoms with Crippen molar-refractivity contribution in [3.63, 3.8) is 0 Å². The largest absolute Gasteiger partial charge is 0.466 e. The third-order valence-corrected chi connectivity index (χ3v) is 1.72. The second kappa shape index (κ2) is 6.88. The summed E-state index contributed by atoms with van der Waals surface area (Å²) in [6.45, 7) is 7.01. The predicted molar refractivity (Wildman–Crippen MR) is 62.7 cm³/mol. The Kier molecular flexibility index (Phi) is 7.54. The molecule has 8 heteroatoms. The molecule has 0 aromatic carbocycles. The molecule has 1 atom stereocenters. The Morgan fingerprint density at radius 3 is 1.76 bits per heavy atom. The predicted octanol–water partition coefficient (Wildman–Crippen LogP) is 0.229. The van der Waals surface area contributed by atoms with Gasteiger partial charge in [-0.3, -0.25) is 4.48 Å². The van der Waals surface area contributed by atoms with Gasteiger partial charge < -0.3 is 19.4 Å². The van der Waals surface area contributed by atoms with Crippen LogP contribution in [0.15, 0.2) is 12.2 Å². The van der Waals surface area contributed by atoms with Gasteiger partial charge >= 0.3 is 13.8 Å². The molecule has 0 heterocycles. The van der Waals surface area contributed by atoms with Crippen molar-refractivity contribution in [3.8, 4) is 0 Å². The number of rotatable bonds is 3. The molecule has 0 radical (unpaired) electrons. The van der Waals surface area contributed by atoms with Gasteiger partial charge in [-0.15, -0.1) is 0 Å². The molecule has 3 N–H and O–H groups in total. The summed E-state index contributed by atoms with van der Waals surface area (Å²) in [7, 11) is 1.27. The summed E-state index contributed by atoms with van der Waals surface area (Å²) in [5, 5.41) is 0. The third kappa shape index (κ3) is 15.3. The van der Waals surface area contributed by atoms with Crippen molar-refractivity contribution in [3.05, 3.63) is 12.2 Å². The van der Waals surface area contributed by atoms with Gasteiger partial charge in [0, 0.05) is 12.5 Å². The van der Waals surface area contributed by atoms with Gasteiger partial charge in [-0.05, 0) is 6.92 Å². The average Bonchev–Trinajstić information content (AvgIpc) is 1.98. The monoisotopic (exact) mass is 270 g/mol. The molecule has 0 spiro atoms. The summed E-state index contributed by atoms with van der Waals surface area (Å²) >= 11 is 0. The molecule has 0 aliphatic heterocycles. The summed E-state index contributed by atoms with van der Waals surface area (Å²) < 4.78 is 14.6. The lowest BCUT2D eigenvalue weighted by Gasteiger charge is -2.30. The van der Waals surface area contributed by atoms with Crippen LogP contribution in [-0.4, -0.2) is 52.5 Å². The molecule has 0 amide bonds. The highest BCUT2D eigenvalue weighted by Crippen LogP contribution is 2.25. The summed E-state index contributed by atoms with van der Waals surface area (Å²) in [6.07, 6.45) is -0.144. The van der Waals surface area contributed by atoms with Gasteiger partial charge in [0.25, 0.3) is 0 Å². The van der Waals surface area contributed by atoms with E-state index in [-0.39, 0.29) is 12.2 Å². The topological polar surface area (TPSA) is 104 Å². The van der Waals surface area contributed by atoms with E-state index in [1.54, 1.807) is 6.92 Å². The molecule has 102 valence electrons. The Labute approximate surface area is 101 Å². The van der Waals surface area contributed by atoms with Crippen LogP contribution in [0.25, 0.3) is 0 Å². The molecule has 0 aliphatic rings. The summed E-state index contributed by atoms with van der Waals surface area (Å²) in [6, 6.07) is 0. The van der Waals surface area contributed by atoms with Crippen LogP contribution in [0, 0.1) is 0 Å². The molecular formula is C9H21NO6P+. The molecule has 0 rings (SSSR count). The second-order valence-corrected chi connectivity index (χ2v) is 5.44. The van der Waals surface area contributed by atoms with Crippen LogP contribution < -0.4 is 0 Å². The lowest BCUT2D eigenvalue weighted by molar-refractivity contribution is -0.914. The van der Waals surface area contributed by atoms with Crippen molar-refractivity contribution in [2.24, 2.45) is 0 Å². The van der Waals surface area contributed by atoms with Gasteiger partial charge in [0.2, 0.25) is 6.23 Å². The molecule has 0 saturated carbocycles. The first-order valence-electron chi connectivity index (χ1n) is 4.71. The number of quaternary nitrogens is 1. The standard InChI is InChI=1S/C9H18NO2.H3O4P/c1-7(2)9(11)12-8(3)10(4,5)6;1-5(2,3)4/h8H,1H2,2-6H3;(H3,1,2,3,4)/q+1;. The van der Waals surface area contributed by atoms with E-state index in [0.717, 1.165) is 0 Å². The van der Waals surface area contributed by atoms with E-state index in [0.29, 0.717) is 10.1 Å². The Morgan fingerprint density at radius 2 is 1.59 bits per heavy atom. The smallest absolute Gasteiger partial charge is 0.409 e. The van der Waals surface area contributed by atoms with Gasteiger partial charge in [0.1, 0.15) is 0 Å². The fraction of sp³-hybridized carbons (Fsp3) is 0.667. The highest BCUT2D eigenvalue weighted by Gasteiger charge is 2.22. The maximum Gasteiger partial charge on any atom is 0.466 e. The number of ether oxygens (including phenoxy) is 1. The van der Waals surface area contributed by atoms with Gasteiger partial charge in [-0.25, -0.2) is 9.36 Å². The van der Waals surface area contributed by atoms with Crippen molar-refractivity contribution >= 4 is 13.8 Å². The second-order valence-electron chi connectivity index (χ2n) is 4.41. The zero-order valence-corrected chi connectivity index (χ0v) is 11.6. The zero-order chi connectivity index (χ0) is 14.4. The van der Waals surface area contributed by atoms with E-state index >= 15 is 0 Å². The average molecular weight is 270 g/mol. The van der Waals surface area contributed by atoms with Crippen molar-refractivity contribution < 1.29 is 33.3 Å². The maximum absolute atomic E-state index is 11.1. The minimum atomic E-state index is -4.64. The van der Waals surface area contributed by atoms with Crippen molar-refractivity contribution in [2.45, 2.75) is 20.1 Å². The van der Waals surface area contributed by atoms with E-state index < -0.39 is 7.82 Å². The fourth-order valence-corrected chi connectivity index (χ4v) is 0.414. The van der Waals surface area contributed by atoms with E-state index in [1.807, 2.05) is 28.1 Å². The fourth-order valence-electron chi connectivity index (χ4n) is 0.414. The molecule has 0 saturated heterocycles. The highest BCUT2D eigenvalue weighted by atomic mass is 31.2. The minimum absolute atomic E-state index is 0.144. The molecule has 0 aromatic heterocycles. The van der Waals surface area contributed by atoms with Crippen molar-refractivity contribution in [1.29, 1.82) is 0 Å². The number of esters is 1. The first kappa shape index (κ1) is 18.6. The maximum atomic E-state index is 11.1. The van der Waals surface area contributed by atoms with Crippen LogP contribution in [0.5, 0.6) is 0 Å². The first-order chi connectivity index (χ1) is 7.25. The normalized spacial score (nSPS) is 13.2. The van der Waals surface area contributed by atoms with Crippen molar-refractivity contribution in [2.75, 3.05) is 21.1 Å². The Balaban J connectivity index is 0. The van der Waals surface area contributed by atoms with E-state index in [4.69, 9.17) is 24.0 Å². The van der Waals surface area contributed by atoms with Gasteiger partial charge in [0.05, 0.1) is 21.1 Å².